The molecule has 2 bridgehead atoms. The number of aromatic nitrogens is 4. The lowest BCUT2D eigenvalue weighted by Crippen LogP contribution is -2.51. The van der Waals surface area contributed by atoms with Gasteiger partial charge < -0.3 is 24.9 Å². The van der Waals surface area contributed by atoms with E-state index in [2.05, 4.69) is 44.5 Å². The molecule has 3 aromatic rings. The van der Waals surface area contributed by atoms with Gasteiger partial charge in [-0.1, -0.05) is 38.1 Å². The van der Waals surface area contributed by atoms with Crippen molar-refractivity contribution >= 4 is 12.0 Å². The van der Waals surface area contributed by atoms with Crippen LogP contribution in [0.3, 0.4) is 0 Å². The van der Waals surface area contributed by atoms with E-state index in [0.717, 1.165) is 43.6 Å². The summed E-state index contributed by atoms with van der Waals surface area (Å²) in [5.41, 5.74) is 5.27. The molecular formula is C31H40N6O3. The molecule has 212 valence electrons. The van der Waals surface area contributed by atoms with Crippen molar-refractivity contribution in [2.24, 2.45) is 5.92 Å². The van der Waals surface area contributed by atoms with E-state index in [9.17, 15) is 9.59 Å². The predicted molar refractivity (Wildman–Crippen MR) is 152 cm³/mol. The van der Waals surface area contributed by atoms with Crippen molar-refractivity contribution in [2.45, 2.75) is 88.1 Å². The highest BCUT2D eigenvalue weighted by Gasteiger charge is 2.51. The quantitative estimate of drug-likeness (QED) is 0.369. The van der Waals surface area contributed by atoms with E-state index in [1.165, 1.54) is 43.2 Å². The van der Waals surface area contributed by atoms with Crippen LogP contribution in [0.25, 0.3) is 11.3 Å². The normalized spacial score (nSPS) is 26.7. The highest BCUT2D eigenvalue weighted by molar-refractivity contribution is 5.86. The number of alkyl carbamates (subject to hydrolysis) is 1. The number of benzene rings is 1. The third-order valence-corrected chi connectivity index (χ3v) is 9.96. The number of hydrogen-bond donors (Lipinski definition) is 3. The number of carbonyl (C=O) groups is 2. The lowest BCUT2D eigenvalue weighted by atomic mass is 9.51. The highest BCUT2D eigenvalue weighted by Crippen LogP contribution is 2.58. The molecule has 7 rings (SSSR count). The molecule has 3 saturated carbocycles. The van der Waals surface area contributed by atoms with Gasteiger partial charge in [0.15, 0.2) is 0 Å². The zero-order valence-electron chi connectivity index (χ0n) is 23.7. The standard InChI is InChI=1S/C31H40N6O3/c1-20(2)26(36-29(39)40-3)28(38)37-16-4-5-24(37)27-33-18-25(35-27)31-13-10-30(11-14-31,12-15-31)22-8-6-21(7-9-22)23-17-32-19-34-23/h6-9,17-20,24,26H,4-5,10-16H2,1-3H3,(H,32,34)(H,33,35)(H,36,39). The summed E-state index contributed by atoms with van der Waals surface area (Å²) in [4.78, 5) is 43.2. The first-order chi connectivity index (χ1) is 19.3. The number of ether oxygens (including phenoxy) is 1. The van der Waals surface area contributed by atoms with E-state index >= 15 is 0 Å². The number of aromatic amines is 2. The van der Waals surface area contributed by atoms with E-state index in [1.54, 1.807) is 6.33 Å². The molecule has 1 saturated heterocycles. The van der Waals surface area contributed by atoms with Crippen molar-refractivity contribution in [3.05, 3.63) is 60.1 Å². The summed E-state index contributed by atoms with van der Waals surface area (Å²) in [7, 11) is 1.32. The fraction of sp³-hybridized carbons (Fsp3) is 0.548. The molecule has 4 fully saturated rings. The van der Waals surface area contributed by atoms with Gasteiger partial charge in [0, 0.05) is 23.9 Å². The summed E-state index contributed by atoms with van der Waals surface area (Å²) < 4.78 is 4.77. The molecular weight excluding hydrogens is 504 g/mol. The van der Waals surface area contributed by atoms with Gasteiger partial charge in [-0.05, 0) is 73.8 Å². The molecule has 0 radical (unpaired) electrons. The monoisotopic (exact) mass is 544 g/mol. The molecule has 2 amide bonds. The maximum atomic E-state index is 13.5. The van der Waals surface area contributed by atoms with Crippen LogP contribution in [0, 0.1) is 5.92 Å². The Kier molecular flexibility index (Phi) is 6.92. The van der Waals surface area contributed by atoms with E-state index in [4.69, 9.17) is 9.72 Å². The number of amides is 2. The topological polar surface area (TPSA) is 116 Å². The molecule has 9 nitrogen and oxygen atoms in total. The zero-order valence-corrected chi connectivity index (χ0v) is 23.7. The van der Waals surface area contributed by atoms with Crippen molar-refractivity contribution in [1.82, 2.24) is 30.2 Å². The third-order valence-electron chi connectivity index (χ3n) is 9.96. The van der Waals surface area contributed by atoms with Crippen LogP contribution in [0.2, 0.25) is 0 Å². The average Bonchev–Trinajstić information content (AvgIpc) is 3.78. The Labute approximate surface area is 235 Å². The van der Waals surface area contributed by atoms with E-state index in [1.807, 2.05) is 31.1 Å². The zero-order chi connectivity index (χ0) is 27.9. The number of methoxy groups -OCH3 is 1. The average molecular weight is 545 g/mol. The van der Waals surface area contributed by atoms with Crippen LogP contribution in [-0.4, -0.2) is 56.5 Å². The summed E-state index contributed by atoms with van der Waals surface area (Å²) in [5, 5.41) is 2.73. The van der Waals surface area contributed by atoms with Crippen LogP contribution in [-0.2, 0) is 20.4 Å². The number of H-pyrrole nitrogens is 2. The van der Waals surface area contributed by atoms with Crippen molar-refractivity contribution in [3.8, 4) is 11.3 Å². The second-order valence-corrected chi connectivity index (χ2v) is 12.3. The Morgan fingerprint density at radius 3 is 2.38 bits per heavy atom. The fourth-order valence-corrected chi connectivity index (χ4v) is 7.41. The largest absolute Gasteiger partial charge is 0.453 e. The summed E-state index contributed by atoms with van der Waals surface area (Å²) >= 11 is 0. The van der Waals surface area contributed by atoms with E-state index in [-0.39, 0.29) is 28.7 Å². The van der Waals surface area contributed by atoms with Crippen molar-refractivity contribution in [1.29, 1.82) is 0 Å². The summed E-state index contributed by atoms with van der Waals surface area (Å²) in [6, 6.07) is 8.34. The van der Waals surface area contributed by atoms with Gasteiger partial charge in [-0.2, -0.15) is 0 Å². The number of nitrogens with one attached hydrogen (secondary N) is 3. The van der Waals surface area contributed by atoms with E-state index in [0.29, 0.717) is 6.54 Å². The summed E-state index contributed by atoms with van der Waals surface area (Å²) in [5.74, 6) is 0.746. The number of fused-ring (bicyclic) bond motifs is 3. The van der Waals surface area contributed by atoms with Gasteiger partial charge >= 0.3 is 6.09 Å². The Hall–Kier alpha value is -3.62. The van der Waals surface area contributed by atoms with Gasteiger partial charge in [0.25, 0.3) is 0 Å². The van der Waals surface area contributed by atoms with Crippen LogP contribution < -0.4 is 5.32 Å². The molecule has 9 heteroatoms. The minimum Gasteiger partial charge on any atom is -0.453 e. The second-order valence-electron chi connectivity index (χ2n) is 12.3. The maximum Gasteiger partial charge on any atom is 0.407 e. The molecule has 1 aromatic carbocycles. The van der Waals surface area contributed by atoms with Gasteiger partial charge in [0.2, 0.25) is 5.91 Å². The molecule has 2 aromatic heterocycles. The van der Waals surface area contributed by atoms with Crippen molar-refractivity contribution in [2.75, 3.05) is 13.7 Å². The second kappa shape index (κ2) is 10.4. The molecule has 3 N–H and O–H groups in total. The molecule has 4 aliphatic rings. The molecule has 1 aliphatic heterocycles. The Bertz CT molecular complexity index is 1320. The summed E-state index contributed by atoms with van der Waals surface area (Å²) in [6.45, 7) is 4.54. The number of imidazole rings is 2. The lowest BCUT2D eigenvalue weighted by Gasteiger charge is -2.53. The Morgan fingerprint density at radius 2 is 1.75 bits per heavy atom. The maximum absolute atomic E-state index is 13.5. The molecule has 2 unspecified atom stereocenters. The van der Waals surface area contributed by atoms with Crippen LogP contribution in [0.4, 0.5) is 4.79 Å². The molecule has 40 heavy (non-hydrogen) atoms. The Morgan fingerprint density at radius 1 is 1.05 bits per heavy atom. The van der Waals surface area contributed by atoms with Gasteiger partial charge in [-0.25, -0.2) is 14.8 Å². The first-order valence-electron chi connectivity index (χ1n) is 14.6. The van der Waals surface area contributed by atoms with Gasteiger partial charge in [-0.15, -0.1) is 0 Å². The van der Waals surface area contributed by atoms with Crippen LogP contribution in [0.1, 0.15) is 88.3 Å². The first kappa shape index (κ1) is 26.6. The predicted octanol–water partition coefficient (Wildman–Crippen LogP) is 5.39. The number of nitrogens with zero attached hydrogens (tertiary/aromatic N) is 3. The van der Waals surface area contributed by atoms with Crippen molar-refractivity contribution < 1.29 is 14.3 Å². The van der Waals surface area contributed by atoms with E-state index < -0.39 is 12.1 Å². The van der Waals surface area contributed by atoms with Gasteiger partial charge in [0.05, 0.1) is 31.4 Å². The van der Waals surface area contributed by atoms with Crippen molar-refractivity contribution in [3.63, 3.8) is 0 Å². The third kappa shape index (κ3) is 4.59. The summed E-state index contributed by atoms with van der Waals surface area (Å²) in [6.07, 6.45) is 13.8. The molecule has 3 aliphatic carbocycles. The minimum absolute atomic E-state index is 0.0506. The first-order valence-corrected chi connectivity index (χ1v) is 14.6. The molecule has 0 spiro atoms. The van der Waals surface area contributed by atoms with Crippen LogP contribution >= 0.6 is 0 Å². The number of carbonyl (C=O) groups excluding carboxylic acids is 2. The van der Waals surface area contributed by atoms with Gasteiger partial charge in [-0.3, -0.25) is 4.79 Å². The Balaban J connectivity index is 1.15. The smallest absolute Gasteiger partial charge is 0.407 e. The SMILES string of the molecule is COC(=O)NC(C(=O)N1CCCC1c1ncc(C23CCC(c4ccc(-c5cnc[nH]5)cc4)(CC2)CC3)[nH]1)C(C)C. The van der Waals surface area contributed by atoms with Crippen LogP contribution in [0.15, 0.2) is 43.0 Å². The lowest BCUT2D eigenvalue weighted by molar-refractivity contribution is -0.135. The number of hydrogen-bond acceptors (Lipinski definition) is 5. The minimum atomic E-state index is -0.626. The van der Waals surface area contributed by atoms with Gasteiger partial charge in [0.1, 0.15) is 11.9 Å². The fourth-order valence-electron chi connectivity index (χ4n) is 7.41. The highest BCUT2D eigenvalue weighted by atomic mass is 16.5. The number of likely N-dealkylation sites (tertiary alicyclic amines) is 1. The van der Waals surface area contributed by atoms with Crippen LogP contribution in [0.5, 0.6) is 0 Å². The number of rotatable bonds is 7. The molecule has 2 atom stereocenters. The molecule has 3 heterocycles.